The number of ether oxygens (including phenoxy) is 3. The predicted molar refractivity (Wildman–Crippen MR) is 99.1 cm³/mol. The molecule has 1 amide bonds. The molecule has 0 aliphatic carbocycles. The second-order valence-corrected chi connectivity index (χ2v) is 5.75. The number of carbonyl (C=O) groups excluding carboxylic acids is 2. The third-order valence-electron chi connectivity index (χ3n) is 3.74. The van der Waals surface area contributed by atoms with E-state index in [1.807, 2.05) is 12.1 Å². The van der Waals surface area contributed by atoms with Gasteiger partial charge in [-0.15, -0.1) is 0 Å². The Kier molecular flexibility index (Phi) is 7.02. The Morgan fingerprint density at radius 3 is 2.27 bits per heavy atom. The molecule has 138 valence electrons. The number of benzene rings is 2. The fourth-order valence-corrected chi connectivity index (χ4v) is 2.32. The van der Waals surface area contributed by atoms with Crippen molar-refractivity contribution in [3.05, 3.63) is 48.0 Å². The average Bonchev–Trinajstić information content (AvgIpc) is 2.65. The first-order chi connectivity index (χ1) is 12.5. The number of carbonyl (C=O) groups is 2. The molecule has 26 heavy (non-hydrogen) atoms. The quantitative estimate of drug-likeness (QED) is 0.746. The van der Waals surface area contributed by atoms with E-state index in [9.17, 15) is 9.59 Å². The van der Waals surface area contributed by atoms with Gasteiger partial charge >= 0.3 is 0 Å². The third-order valence-corrected chi connectivity index (χ3v) is 3.74. The minimum absolute atomic E-state index is 0.132. The first-order valence-corrected chi connectivity index (χ1v) is 8.25. The number of methoxy groups -OCH3 is 2. The molecular weight excluding hydrogens is 334 g/mol. The van der Waals surface area contributed by atoms with E-state index in [0.717, 1.165) is 5.56 Å². The lowest BCUT2D eigenvalue weighted by molar-refractivity contribution is -0.118. The lowest BCUT2D eigenvalue weighted by Crippen LogP contribution is -2.20. The van der Waals surface area contributed by atoms with Gasteiger partial charge in [-0.25, -0.2) is 0 Å². The van der Waals surface area contributed by atoms with Crippen LogP contribution in [-0.2, 0) is 16.0 Å². The van der Waals surface area contributed by atoms with Crippen LogP contribution in [0.1, 0.15) is 18.9 Å². The molecule has 0 bridgehead atoms. The summed E-state index contributed by atoms with van der Waals surface area (Å²) in [4.78, 5) is 23.1. The van der Waals surface area contributed by atoms with Crippen LogP contribution in [0.2, 0.25) is 0 Å². The SMILES string of the molecule is COc1ccc(OC)c(NC(=O)COc2ccc(CCC(C)=O)cc2)c1. The second-order valence-electron chi connectivity index (χ2n) is 5.75. The first-order valence-electron chi connectivity index (χ1n) is 8.25. The van der Waals surface area contributed by atoms with Crippen molar-refractivity contribution in [3.63, 3.8) is 0 Å². The minimum Gasteiger partial charge on any atom is -0.497 e. The van der Waals surface area contributed by atoms with Crippen LogP contribution in [0.5, 0.6) is 17.2 Å². The largest absolute Gasteiger partial charge is 0.497 e. The molecule has 0 aliphatic rings. The van der Waals surface area contributed by atoms with Crippen LogP contribution in [0.25, 0.3) is 0 Å². The van der Waals surface area contributed by atoms with Crippen LogP contribution < -0.4 is 19.5 Å². The summed E-state index contributed by atoms with van der Waals surface area (Å²) in [6.45, 7) is 1.45. The number of hydrogen-bond donors (Lipinski definition) is 1. The van der Waals surface area contributed by atoms with Crippen LogP contribution in [0.15, 0.2) is 42.5 Å². The summed E-state index contributed by atoms with van der Waals surface area (Å²) in [6, 6.07) is 12.5. The van der Waals surface area contributed by atoms with Crippen molar-refractivity contribution in [1.82, 2.24) is 0 Å². The molecule has 1 N–H and O–H groups in total. The molecule has 0 heterocycles. The van der Waals surface area contributed by atoms with Crippen molar-refractivity contribution in [2.75, 3.05) is 26.1 Å². The number of ketones is 1. The summed E-state index contributed by atoms with van der Waals surface area (Å²) < 4.78 is 15.9. The first kappa shape index (κ1) is 19.3. The molecule has 2 aromatic carbocycles. The van der Waals surface area contributed by atoms with Crippen molar-refractivity contribution in [2.45, 2.75) is 19.8 Å². The van der Waals surface area contributed by atoms with Crippen molar-refractivity contribution in [2.24, 2.45) is 0 Å². The van der Waals surface area contributed by atoms with Gasteiger partial charge in [-0.2, -0.15) is 0 Å². The van der Waals surface area contributed by atoms with Crippen molar-refractivity contribution in [3.8, 4) is 17.2 Å². The van der Waals surface area contributed by atoms with Crippen LogP contribution >= 0.6 is 0 Å². The molecule has 0 atom stereocenters. The maximum atomic E-state index is 12.1. The molecule has 0 spiro atoms. The Hall–Kier alpha value is -3.02. The molecule has 6 nitrogen and oxygen atoms in total. The number of nitrogens with one attached hydrogen (secondary N) is 1. The molecule has 6 heteroatoms. The van der Waals surface area contributed by atoms with Gasteiger partial charge in [-0.1, -0.05) is 12.1 Å². The molecule has 0 aromatic heterocycles. The van der Waals surface area contributed by atoms with Gasteiger partial charge in [0.1, 0.15) is 23.0 Å². The number of anilines is 1. The number of rotatable bonds is 9. The topological polar surface area (TPSA) is 73.9 Å². The zero-order valence-electron chi connectivity index (χ0n) is 15.2. The highest BCUT2D eigenvalue weighted by Gasteiger charge is 2.10. The summed E-state index contributed by atoms with van der Waals surface area (Å²) in [5.41, 5.74) is 1.57. The Morgan fingerprint density at radius 2 is 1.65 bits per heavy atom. The number of amides is 1. The van der Waals surface area contributed by atoms with Gasteiger partial charge in [0.25, 0.3) is 5.91 Å². The van der Waals surface area contributed by atoms with Gasteiger partial charge in [0.05, 0.1) is 19.9 Å². The lowest BCUT2D eigenvalue weighted by Gasteiger charge is -2.12. The van der Waals surface area contributed by atoms with E-state index in [0.29, 0.717) is 35.8 Å². The second kappa shape index (κ2) is 9.46. The molecule has 0 saturated carbocycles. The van der Waals surface area contributed by atoms with Crippen LogP contribution in [-0.4, -0.2) is 32.5 Å². The van der Waals surface area contributed by atoms with Crippen molar-refractivity contribution in [1.29, 1.82) is 0 Å². The Bertz CT molecular complexity index is 755. The van der Waals surface area contributed by atoms with E-state index in [1.165, 1.54) is 7.11 Å². The summed E-state index contributed by atoms with van der Waals surface area (Å²) in [6.07, 6.45) is 1.22. The Labute approximate surface area is 153 Å². The Morgan fingerprint density at radius 1 is 0.962 bits per heavy atom. The predicted octanol–water partition coefficient (Wildman–Crippen LogP) is 3.24. The minimum atomic E-state index is -0.308. The molecule has 0 fully saturated rings. The summed E-state index contributed by atoms with van der Waals surface area (Å²) >= 11 is 0. The van der Waals surface area contributed by atoms with Gasteiger partial charge in [0.2, 0.25) is 0 Å². The third kappa shape index (κ3) is 5.81. The number of Topliss-reactive ketones (excluding diaryl/α,β-unsaturated/α-hetero) is 1. The van der Waals surface area contributed by atoms with Crippen LogP contribution in [0, 0.1) is 0 Å². The highest BCUT2D eigenvalue weighted by Crippen LogP contribution is 2.28. The van der Waals surface area contributed by atoms with Gasteiger partial charge in [-0.05, 0) is 43.2 Å². The van der Waals surface area contributed by atoms with E-state index in [1.54, 1.807) is 44.4 Å². The average molecular weight is 357 g/mol. The van der Waals surface area contributed by atoms with Crippen molar-refractivity contribution >= 4 is 17.4 Å². The molecule has 0 aliphatic heterocycles. The maximum absolute atomic E-state index is 12.1. The fourth-order valence-electron chi connectivity index (χ4n) is 2.32. The van der Waals surface area contributed by atoms with E-state index >= 15 is 0 Å². The van der Waals surface area contributed by atoms with Crippen LogP contribution in [0.3, 0.4) is 0 Å². The van der Waals surface area contributed by atoms with E-state index in [4.69, 9.17) is 14.2 Å². The lowest BCUT2D eigenvalue weighted by atomic mass is 10.1. The number of aryl methyl sites for hydroxylation is 1. The van der Waals surface area contributed by atoms with Crippen molar-refractivity contribution < 1.29 is 23.8 Å². The summed E-state index contributed by atoms with van der Waals surface area (Å²) in [7, 11) is 3.08. The summed E-state index contributed by atoms with van der Waals surface area (Å²) in [5.74, 6) is 1.59. The van der Waals surface area contributed by atoms with Gasteiger partial charge in [0, 0.05) is 12.5 Å². The van der Waals surface area contributed by atoms with E-state index in [-0.39, 0.29) is 18.3 Å². The molecule has 0 radical (unpaired) electrons. The smallest absolute Gasteiger partial charge is 0.262 e. The maximum Gasteiger partial charge on any atom is 0.262 e. The highest BCUT2D eigenvalue weighted by atomic mass is 16.5. The zero-order chi connectivity index (χ0) is 18.9. The molecule has 0 saturated heterocycles. The molecule has 2 aromatic rings. The van der Waals surface area contributed by atoms with Gasteiger partial charge in [0.15, 0.2) is 6.61 Å². The monoisotopic (exact) mass is 357 g/mol. The van der Waals surface area contributed by atoms with Gasteiger partial charge in [-0.3, -0.25) is 4.79 Å². The standard InChI is InChI=1S/C20H23NO5/c1-14(22)4-5-15-6-8-16(9-7-15)26-13-20(23)21-18-12-17(24-2)10-11-19(18)25-3/h6-12H,4-5,13H2,1-3H3,(H,21,23). The van der Waals surface area contributed by atoms with E-state index < -0.39 is 0 Å². The zero-order valence-corrected chi connectivity index (χ0v) is 15.2. The van der Waals surface area contributed by atoms with Crippen LogP contribution in [0.4, 0.5) is 5.69 Å². The Balaban J connectivity index is 1.89. The van der Waals surface area contributed by atoms with E-state index in [2.05, 4.69) is 5.32 Å². The molecular formula is C20H23NO5. The molecule has 0 unspecified atom stereocenters. The molecule has 2 rings (SSSR count). The highest BCUT2D eigenvalue weighted by molar-refractivity contribution is 5.93. The number of hydrogen-bond acceptors (Lipinski definition) is 5. The normalized spacial score (nSPS) is 10.1. The summed E-state index contributed by atoms with van der Waals surface area (Å²) in [5, 5.41) is 2.74. The van der Waals surface area contributed by atoms with Gasteiger partial charge < -0.3 is 24.3 Å². The fraction of sp³-hybridized carbons (Fsp3) is 0.300.